The fourth-order valence-corrected chi connectivity index (χ4v) is 3.85. The lowest BCUT2D eigenvalue weighted by Gasteiger charge is -2.22. The molecule has 1 aromatic carbocycles. The average Bonchev–Trinajstić information content (AvgIpc) is 3.13. The number of carboxylic acids is 1. The van der Waals surface area contributed by atoms with Gasteiger partial charge in [-0.1, -0.05) is 48.9 Å². The summed E-state index contributed by atoms with van der Waals surface area (Å²) >= 11 is 0. The molecule has 0 saturated carbocycles. The number of aromatic nitrogens is 6. The Balaban J connectivity index is 1.64. The second kappa shape index (κ2) is 9.01. The number of carboxylic acid groups (broad SMARTS) is 1. The molecule has 0 aliphatic rings. The molecule has 0 spiro atoms. The Morgan fingerprint density at radius 1 is 1.03 bits per heavy atom. The molecule has 4 rings (SSSR count). The lowest BCUT2D eigenvalue weighted by molar-refractivity contribution is -0.138. The van der Waals surface area contributed by atoms with Crippen molar-refractivity contribution in [2.45, 2.75) is 46.1 Å². The second-order valence-electron chi connectivity index (χ2n) is 9.02. The van der Waals surface area contributed by atoms with Gasteiger partial charge in [0.2, 0.25) is 5.95 Å². The molecule has 34 heavy (non-hydrogen) atoms. The summed E-state index contributed by atoms with van der Waals surface area (Å²) in [5.41, 5.74) is 11.7. The number of aliphatic carboxylic acids is 1. The summed E-state index contributed by atoms with van der Waals surface area (Å²) in [6.07, 6.45) is -0.00559. The Labute approximate surface area is 197 Å². The van der Waals surface area contributed by atoms with E-state index in [-0.39, 0.29) is 12.4 Å². The van der Waals surface area contributed by atoms with E-state index < -0.39 is 11.4 Å². The van der Waals surface area contributed by atoms with Crippen LogP contribution in [0.15, 0.2) is 48.5 Å². The molecule has 0 aliphatic heterocycles. The van der Waals surface area contributed by atoms with Crippen molar-refractivity contribution in [2.24, 2.45) is 0 Å². The van der Waals surface area contributed by atoms with Gasteiger partial charge < -0.3 is 10.8 Å². The lowest BCUT2D eigenvalue weighted by Crippen LogP contribution is -2.23. The van der Waals surface area contributed by atoms with Gasteiger partial charge >= 0.3 is 5.97 Å². The first-order chi connectivity index (χ1) is 16.1. The van der Waals surface area contributed by atoms with Gasteiger partial charge in [0.25, 0.3) is 0 Å². The Bertz CT molecular complexity index is 1360. The molecule has 3 aromatic heterocycles. The molecule has 3 heterocycles. The zero-order valence-corrected chi connectivity index (χ0v) is 19.6. The third kappa shape index (κ3) is 4.93. The van der Waals surface area contributed by atoms with Crippen molar-refractivity contribution in [1.82, 2.24) is 29.9 Å². The highest BCUT2D eigenvalue weighted by Gasteiger charge is 2.26. The van der Waals surface area contributed by atoms with Gasteiger partial charge in [-0.05, 0) is 38.1 Å². The van der Waals surface area contributed by atoms with Crippen LogP contribution < -0.4 is 5.73 Å². The molecule has 0 radical (unpaired) electrons. The fraction of sp³-hybridized carbons (Fsp3) is 0.280. The second-order valence-corrected chi connectivity index (χ2v) is 9.02. The number of pyridine rings is 1. The zero-order valence-electron chi connectivity index (χ0n) is 19.6. The van der Waals surface area contributed by atoms with Crippen LogP contribution in [0, 0.1) is 13.8 Å². The molecular formula is C25H27N7O2. The van der Waals surface area contributed by atoms with E-state index in [4.69, 9.17) is 10.7 Å². The molecule has 0 aliphatic carbocycles. The minimum absolute atomic E-state index is 0.00559. The molecule has 174 valence electrons. The van der Waals surface area contributed by atoms with Crippen molar-refractivity contribution >= 4 is 11.9 Å². The first-order valence-electron chi connectivity index (χ1n) is 10.9. The first kappa shape index (κ1) is 23.0. The number of carbonyl (C=O) groups is 1. The highest BCUT2D eigenvalue weighted by molar-refractivity contribution is 5.69. The topological polar surface area (TPSA) is 133 Å². The number of aryl methyl sites for hydroxylation is 1. The van der Waals surface area contributed by atoms with Crippen LogP contribution in [0.5, 0.6) is 0 Å². The van der Waals surface area contributed by atoms with Crippen LogP contribution in [-0.4, -0.2) is 41.0 Å². The summed E-state index contributed by atoms with van der Waals surface area (Å²) in [4.78, 5) is 24.7. The summed E-state index contributed by atoms with van der Waals surface area (Å²) < 4.78 is 1.75. The number of rotatable bonds is 7. The molecule has 0 amide bonds. The van der Waals surface area contributed by atoms with E-state index in [0.717, 1.165) is 33.9 Å². The van der Waals surface area contributed by atoms with Crippen LogP contribution in [-0.2, 0) is 16.8 Å². The monoisotopic (exact) mass is 457 g/mol. The minimum Gasteiger partial charge on any atom is -0.481 e. The highest BCUT2D eigenvalue weighted by atomic mass is 16.4. The molecule has 0 fully saturated rings. The first-order valence-corrected chi connectivity index (χ1v) is 10.9. The van der Waals surface area contributed by atoms with Crippen LogP contribution in [0.4, 0.5) is 5.95 Å². The standard InChI is InChI=1S/C25H27N7O2/c1-15-7-5-8-17(11-15)19-12-20(29-24(26)28-19)23-16(2)32(31-30-23)14-18-9-6-10-21(27-18)25(3,4)13-22(33)34/h5-12H,13-14H2,1-4H3,(H,33,34)(H2,26,28,29). The molecular weight excluding hydrogens is 430 g/mol. The van der Waals surface area contributed by atoms with E-state index in [1.54, 1.807) is 4.68 Å². The fourth-order valence-electron chi connectivity index (χ4n) is 3.85. The number of anilines is 1. The van der Waals surface area contributed by atoms with Crippen molar-refractivity contribution in [3.63, 3.8) is 0 Å². The third-order valence-corrected chi connectivity index (χ3v) is 5.69. The van der Waals surface area contributed by atoms with Crippen molar-refractivity contribution in [2.75, 3.05) is 5.73 Å². The Morgan fingerprint density at radius 3 is 2.50 bits per heavy atom. The third-order valence-electron chi connectivity index (χ3n) is 5.69. The number of hydrogen-bond donors (Lipinski definition) is 2. The quantitative estimate of drug-likeness (QED) is 0.428. The maximum absolute atomic E-state index is 11.2. The van der Waals surface area contributed by atoms with Crippen molar-refractivity contribution in [1.29, 1.82) is 0 Å². The van der Waals surface area contributed by atoms with Gasteiger partial charge in [-0.25, -0.2) is 14.6 Å². The molecule has 3 N–H and O–H groups in total. The largest absolute Gasteiger partial charge is 0.481 e. The summed E-state index contributed by atoms with van der Waals surface area (Å²) in [5, 5.41) is 17.9. The van der Waals surface area contributed by atoms with Crippen molar-refractivity contribution in [3.8, 4) is 22.6 Å². The van der Waals surface area contributed by atoms with E-state index in [2.05, 4.69) is 20.3 Å². The SMILES string of the molecule is Cc1cccc(-c2cc(-c3nnn(Cc4cccc(C(C)(C)CC(=O)O)n4)c3C)nc(N)n2)c1. The Hall–Kier alpha value is -4.14. The van der Waals surface area contributed by atoms with Crippen LogP contribution in [0.2, 0.25) is 0 Å². The number of benzene rings is 1. The van der Waals surface area contributed by atoms with Crippen LogP contribution >= 0.6 is 0 Å². The predicted octanol–water partition coefficient (Wildman–Crippen LogP) is 3.80. The van der Waals surface area contributed by atoms with Crippen molar-refractivity contribution < 1.29 is 9.90 Å². The molecule has 0 atom stereocenters. The highest BCUT2D eigenvalue weighted by Crippen LogP contribution is 2.27. The van der Waals surface area contributed by atoms with Crippen LogP contribution in [0.1, 0.15) is 42.9 Å². The average molecular weight is 458 g/mol. The summed E-state index contributed by atoms with van der Waals surface area (Å²) in [5.74, 6) is -0.693. The number of nitrogen functional groups attached to an aromatic ring is 1. The van der Waals surface area contributed by atoms with E-state index in [0.29, 0.717) is 17.9 Å². The smallest absolute Gasteiger partial charge is 0.304 e. The minimum atomic E-state index is -0.858. The molecule has 0 bridgehead atoms. The van der Waals surface area contributed by atoms with Crippen molar-refractivity contribution in [3.05, 3.63) is 71.2 Å². The molecule has 0 saturated heterocycles. The molecule has 9 nitrogen and oxygen atoms in total. The van der Waals surface area contributed by atoms with Gasteiger partial charge in [-0.2, -0.15) is 0 Å². The maximum Gasteiger partial charge on any atom is 0.304 e. The molecule has 9 heteroatoms. The molecule has 4 aromatic rings. The van der Waals surface area contributed by atoms with E-state index in [1.165, 1.54) is 0 Å². The normalized spacial score (nSPS) is 11.5. The number of nitrogens with zero attached hydrogens (tertiary/aromatic N) is 6. The Kier molecular flexibility index (Phi) is 6.10. The summed E-state index contributed by atoms with van der Waals surface area (Å²) in [6.45, 7) is 8.07. The van der Waals surface area contributed by atoms with Gasteiger partial charge in [0.1, 0.15) is 5.69 Å². The predicted molar refractivity (Wildman–Crippen MR) is 129 cm³/mol. The van der Waals surface area contributed by atoms with E-state index in [9.17, 15) is 9.90 Å². The number of nitrogens with two attached hydrogens (primary N) is 1. The van der Waals surface area contributed by atoms with E-state index >= 15 is 0 Å². The van der Waals surface area contributed by atoms with Crippen LogP contribution in [0.25, 0.3) is 22.6 Å². The van der Waals surface area contributed by atoms with Gasteiger partial charge in [-0.3, -0.25) is 9.78 Å². The van der Waals surface area contributed by atoms with E-state index in [1.807, 2.05) is 76.2 Å². The Morgan fingerprint density at radius 2 is 1.76 bits per heavy atom. The maximum atomic E-state index is 11.2. The summed E-state index contributed by atoms with van der Waals surface area (Å²) in [6, 6.07) is 15.5. The van der Waals surface area contributed by atoms with Gasteiger partial charge in [0.15, 0.2) is 0 Å². The molecule has 0 unspecified atom stereocenters. The van der Waals surface area contributed by atoms with Gasteiger partial charge in [0, 0.05) is 16.7 Å². The lowest BCUT2D eigenvalue weighted by atomic mass is 9.85. The summed E-state index contributed by atoms with van der Waals surface area (Å²) in [7, 11) is 0. The van der Waals surface area contributed by atoms with Gasteiger partial charge in [0.05, 0.1) is 35.7 Å². The number of hydrogen-bond acceptors (Lipinski definition) is 7. The zero-order chi connectivity index (χ0) is 24.5. The van der Waals surface area contributed by atoms with Gasteiger partial charge in [-0.15, -0.1) is 5.10 Å². The van der Waals surface area contributed by atoms with Crippen LogP contribution in [0.3, 0.4) is 0 Å².